The lowest BCUT2D eigenvalue weighted by atomic mass is 10.2. The fourth-order valence-electron chi connectivity index (χ4n) is 2.58. The maximum absolute atomic E-state index is 12.3. The Balaban J connectivity index is 1.90. The van der Waals surface area contributed by atoms with Gasteiger partial charge in [0.2, 0.25) is 5.91 Å². The lowest BCUT2D eigenvalue weighted by Gasteiger charge is -2.11. The predicted molar refractivity (Wildman–Crippen MR) is 99.7 cm³/mol. The van der Waals surface area contributed by atoms with Crippen LogP contribution >= 0.6 is 11.6 Å². The second kappa shape index (κ2) is 6.97. The predicted octanol–water partition coefficient (Wildman–Crippen LogP) is 3.51. The number of anilines is 1. The Kier molecular flexibility index (Phi) is 4.73. The van der Waals surface area contributed by atoms with E-state index >= 15 is 0 Å². The van der Waals surface area contributed by atoms with Crippen molar-refractivity contribution in [2.75, 3.05) is 5.32 Å². The number of amides is 1. The van der Waals surface area contributed by atoms with E-state index in [-0.39, 0.29) is 17.8 Å². The molecule has 0 saturated heterocycles. The van der Waals surface area contributed by atoms with Crippen LogP contribution < -0.4 is 10.9 Å². The van der Waals surface area contributed by atoms with Crippen LogP contribution in [0, 0.1) is 17.0 Å². The molecular weight excluding hydrogens is 358 g/mol. The molecule has 1 heterocycles. The average Bonchev–Trinajstić information content (AvgIpc) is 2.60. The van der Waals surface area contributed by atoms with Crippen molar-refractivity contribution < 1.29 is 9.72 Å². The number of non-ortho nitro benzene ring substituents is 1. The summed E-state index contributed by atoms with van der Waals surface area (Å²) in [5, 5.41) is 14.6. The van der Waals surface area contributed by atoms with Gasteiger partial charge in [0.1, 0.15) is 6.54 Å². The first-order chi connectivity index (χ1) is 12.3. The Morgan fingerprint density at radius 2 is 1.96 bits per heavy atom. The Labute approximate surface area is 153 Å². The van der Waals surface area contributed by atoms with Crippen molar-refractivity contribution in [1.29, 1.82) is 0 Å². The lowest BCUT2D eigenvalue weighted by molar-refractivity contribution is -0.384. The summed E-state index contributed by atoms with van der Waals surface area (Å²) in [6.07, 6.45) is 0. The van der Waals surface area contributed by atoms with Crippen LogP contribution in [0.4, 0.5) is 11.4 Å². The topological polar surface area (TPSA) is 94.2 Å². The molecule has 0 aliphatic carbocycles. The summed E-state index contributed by atoms with van der Waals surface area (Å²) in [6.45, 7) is 1.63. The summed E-state index contributed by atoms with van der Waals surface area (Å²) in [5.41, 5.74) is 1.40. The fourth-order valence-corrected chi connectivity index (χ4v) is 2.76. The molecule has 0 bridgehead atoms. The molecule has 0 aliphatic heterocycles. The van der Waals surface area contributed by atoms with Crippen molar-refractivity contribution in [3.63, 3.8) is 0 Å². The molecule has 3 aromatic rings. The third-order valence-corrected chi connectivity index (χ3v) is 4.35. The van der Waals surface area contributed by atoms with Crippen LogP contribution in [0.2, 0.25) is 5.02 Å². The molecule has 1 aromatic heterocycles. The first-order valence-electron chi connectivity index (χ1n) is 7.69. The van der Waals surface area contributed by atoms with Gasteiger partial charge in [0, 0.05) is 34.3 Å². The number of halogens is 1. The summed E-state index contributed by atoms with van der Waals surface area (Å²) in [7, 11) is 0. The number of benzene rings is 2. The monoisotopic (exact) mass is 371 g/mol. The Morgan fingerprint density at radius 1 is 1.19 bits per heavy atom. The quantitative estimate of drug-likeness (QED) is 0.560. The van der Waals surface area contributed by atoms with E-state index in [2.05, 4.69) is 5.32 Å². The number of hydrogen-bond acceptors (Lipinski definition) is 4. The van der Waals surface area contributed by atoms with Crippen molar-refractivity contribution in [2.45, 2.75) is 13.5 Å². The molecule has 0 saturated carbocycles. The highest BCUT2D eigenvalue weighted by Crippen LogP contribution is 2.21. The maximum Gasteiger partial charge on any atom is 0.270 e. The smallest absolute Gasteiger partial charge is 0.270 e. The molecule has 26 heavy (non-hydrogen) atoms. The molecule has 2 aromatic carbocycles. The molecule has 1 amide bonds. The highest BCUT2D eigenvalue weighted by atomic mass is 35.5. The highest BCUT2D eigenvalue weighted by Gasteiger charge is 2.12. The summed E-state index contributed by atoms with van der Waals surface area (Å²) in [5.74, 6) is -0.405. The number of pyridine rings is 1. The molecule has 7 nitrogen and oxygen atoms in total. The minimum absolute atomic E-state index is 0.0820. The van der Waals surface area contributed by atoms with E-state index in [4.69, 9.17) is 11.6 Å². The molecule has 0 fully saturated rings. The van der Waals surface area contributed by atoms with Gasteiger partial charge < -0.3 is 5.32 Å². The van der Waals surface area contributed by atoms with Gasteiger partial charge in [-0.05, 0) is 36.8 Å². The van der Waals surface area contributed by atoms with Gasteiger partial charge in [0.05, 0.1) is 10.4 Å². The minimum Gasteiger partial charge on any atom is -0.324 e. The van der Waals surface area contributed by atoms with Gasteiger partial charge in [-0.25, -0.2) is 0 Å². The largest absolute Gasteiger partial charge is 0.324 e. The number of fused-ring (bicyclic) bond motifs is 1. The Hall–Kier alpha value is -3.19. The second-order valence-electron chi connectivity index (χ2n) is 5.77. The van der Waals surface area contributed by atoms with Crippen molar-refractivity contribution in [3.05, 3.63) is 79.6 Å². The van der Waals surface area contributed by atoms with Gasteiger partial charge in [-0.2, -0.15) is 0 Å². The van der Waals surface area contributed by atoms with Crippen LogP contribution in [-0.2, 0) is 11.3 Å². The van der Waals surface area contributed by atoms with Crippen molar-refractivity contribution >= 4 is 39.8 Å². The molecule has 0 aliphatic rings. The third kappa shape index (κ3) is 3.57. The van der Waals surface area contributed by atoms with Gasteiger partial charge in [-0.1, -0.05) is 17.7 Å². The standard InChI is InChI=1S/C18H14ClN3O4/c1-11-2-4-13(9-15(11)19)20-17(23)10-21-16-6-5-14(22(25)26)8-12(16)3-7-18(21)24/h2-9H,10H2,1H3,(H,20,23). The first-order valence-corrected chi connectivity index (χ1v) is 8.07. The molecule has 0 atom stereocenters. The SMILES string of the molecule is Cc1ccc(NC(=O)Cn2c(=O)ccc3cc([N+](=O)[O-])ccc32)cc1Cl. The van der Waals surface area contributed by atoms with E-state index < -0.39 is 10.8 Å². The molecule has 3 rings (SSSR count). The normalized spacial score (nSPS) is 10.7. The van der Waals surface area contributed by atoms with E-state index in [1.54, 1.807) is 18.2 Å². The first kappa shape index (κ1) is 17.6. The average molecular weight is 372 g/mol. The van der Waals surface area contributed by atoms with E-state index in [9.17, 15) is 19.7 Å². The van der Waals surface area contributed by atoms with Crippen LogP contribution in [0.1, 0.15) is 5.56 Å². The van der Waals surface area contributed by atoms with Gasteiger partial charge >= 0.3 is 0 Å². The van der Waals surface area contributed by atoms with Gasteiger partial charge in [-0.15, -0.1) is 0 Å². The van der Waals surface area contributed by atoms with E-state index in [0.717, 1.165) is 5.56 Å². The van der Waals surface area contributed by atoms with Gasteiger partial charge in [0.15, 0.2) is 0 Å². The molecule has 1 N–H and O–H groups in total. The van der Waals surface area contributed by atoms with Crippen molar-refractivity contribution in [1.82, 2.24) is 4.57 Å². The number of carbonyl (C=O) groups excluding carboxylic acids is 1. The highest BCUT2D eigenvalue weighted by molar-refractivity contribution is 6.31. The van der Waals surface area contributed by atoms with Crippen LogP contribution in [0.3, 0.4) is 0 Å². The molecule has 0 radical (unpaired) electrons. The van der Waals surface area contributed by atoms with Gasteiger partial charge in [-0.3, -0.25) is 24.3 Å². The summed E-state index contributed by atoms with van der Waals surface area (Å²) in [4.78, 5) is 34.9. The minimum atomic E-state index is -0.511. The molecular formula is C18H14ClN3O4. The number of nitrogens with zero attached hydrogens (tertiary/aromatic N) is 2. The summed E-state index contributed by atoms with van der Waals surface area (Å²) in [6, 6.07) is 12.0. The number of nitro groups is 1. The van der Waals surface area contributed by atoms with Crippen LogP contribution in [0.5, 0.6) is 0 Å². The zero-order valence-electron chi connectivity index (χ0n) is 13.7. The molecule has 0 spiro atoms. The zero-order chi connectivity index (χ0) is 18.8. The van der Waals surface area contributed by atoms with Crippen LogP contribution in [0.15, 0.2) is 53.3 Å². The fraction of sp³-hybridized carbons (Fsp3) is 0.111. The summed E-state index contributed by atoms with van der Waals surface area (Å²) >= 11 is 6.04. The lowest BCUT2D eigenvalue weighted by Crippen LogP contribution is -2.27. The third-order valence-electron chi connectivity index (χ3n) is 3.94. The van der Waals surface area contributed by atoms with E-state index in [1.807, 2.05) is 6.92 Å². The van der Waals surface area contributed by atoms with Crippen LogP contribution in [-0.4, -0.2) is 15.4 Å². The number of aryl methyl sites for hydroxylation is 1. The van der Waals surface area contributed by atoms with E-state index in [0.29, 0.717) is 21.6 Å². The molecule has 0 unspecified atom stereocenters. The maximum atomic E-state index is 12.3. The number of carbonyl (C=O) groups is 1. The van der Waals surface area contributed by atoms with Gasteiger partial charge in [0.25, 0.3) is 11.2 Å². The number of rotatable bonds is 4. The van der Waals surface area contributed by atoms with E-state index in [1.165, 1.54) is 34.9 Å². The number of hydrogen-bond donors (Lipinski definition) is 1. The Morgan fingerprint density at radius 3 is 2.65 bits per heavy atom. The van der Waals surface area contributed by atoms with Crippen LogP contribution in [0.25, 0.3) is 10.9 Å². The van der Waals surface area contributed by atoms with Crippen molar-refractivity contribution in [2.24, 2.45) is 0 Å². The number of nitrogens with one attached hydrogen (secondary N) is 1. The summed E-state index contributed by atoms with van der Waals surface area (Å²) < 4.78 is 1.27. The number of aromatic nitrogens is 1. The Bertz CT molecular complexity index is 1090. The zero-order valence-corrected chi connectivity index (χ0v) is 14.5. The number of nitro benzene ring substituents is 1. The molecule has 8 heteroatoms. The second-order valence-corrected chi connectivity index (χ2v) is 6.18. The van der Waals surface area contributed by atoms with Crippen molar-refractivity contribution in [3.8, 4) is 0 Å². The molecule has 132 valence electrons.